The zero-order valence-electron chi connectivity index (χ0n) is 18.0. The van der Waals surface area contributed by atoms with Crippen LogP contribution in [0, 0.1) is 12.8 Å². The Labute approximate surface area is 173 Å². The maximum atomic E-state index is 12.7. The molecule has 1 aromatic rings. The molecule has 160 valence electrons. The van der Waals surface area contributed by atoms with Crippen molar-refractivity contribution in [3.05, 3.63) is 23.8 Å². The molecule has 2 aliphatic rings. The van der Waals surface area contributed by atoms with Crippen LogP contribution >= 0.6 is 0 Å². The number of piperidine rings is 1. The van der Waals surface area contributed by atoms with E-state index in [4.69, 9.17) is 4.74 Å². The molecule has 2 aliphatic heterocycles. The molecule has 2 fully saturated rings. The summed E-state index contributed by atoms with van der Waals surface area (Å²) in [7, 11) is 0. The number of nitrogens with zero attached hydrogens (tertiary/aromatic N) is 2. The van der Waals surface area contributed by atoms with Gasteiger partial charge in [0.05, 0.1) is 12.2 Å². The number of amides is 3. The van der Waals surface area contributed by atoms with E-state index in [-0.39, 0.29) is 11.9 Å². The van der Waals surface area contributed by atoms with E-state index in [1.54, 1.807) is 0 Å². The molecule has 29 heavy (non-hydrogen) atoms. The minimum absolute atomic E-state index is 0.0693. The summed E-state index contributed by atoms with van der Waals surface area (Å²) in [6.07, 6.45) is 2.64. The average molecular weight is 403 g/mol. The summed E-state index contributed by atoms with van der Waals surface area (Å²) in [6, 6.07) is 5.48. The van der Waals surface area contributed by atoms with Crippen molar-refractivity contribution in [1.29, 1.82) is 0 Å². The zero-order chi connectivity index (χ0) is 21.0. The minimum atomic E-state index is -0.128. The number of anilines is 2. The van der Waals surface area contributed by atoms with Gasteiger partial charge in [-0.25, -0.2) is 4.79 Å². The smallest absolute Gasteiger partial charge is 0.321 e. The second-order valence-electron chi connectivity index (χ2n) is 8.55. The number of carbonyl (C=O) groups excluding carboxylic acids is 2. The summed E-state index contributed by atoms with van der Waals surface area (Å²) in [5.41, 5.74) is 2.39. The van der Waals surface area contributed by atoms with Crippen LogP contribution in [0.4, 0.5) is 16.2 Å². The first kappa shape index (κ1) is 21.6. The van der Waals surface area contributed by atoms with Crippen molar-refractivity contribution in [3.8, 4) is 0 Å². The van der Waals surface area contributed by atoms with E-state index in [0.29, 0.717) is 23.8 Å². The van der Waals surface area contributed by atoms with Gasteiger partial charge in [0.1, 0.15) is 0 Å². The molecular formula is C22H34N4O3. The minimum Gasteiger partial charge on any atom is -0.373 e. The van der Waals surface area contributed by atoms with Gasteiger partial charge in [0.25, 0.3) is 0 Å². The monoisotopic (exact) mass is 402 g/mol. The van der Waals surface area contributed by atoms with Crippen molar-refractivity contribution in [2.45, 2.75) is 52.7 Å². The predicted molar refractivity (Wildman–Crippen MR) is 115 cm³/mol. The summed E-state index contributed by atoms with van der Waals surface area (Å²) >= 11 is 0. The quantitative estimate of drug-likeness (QED) is 0.810. The number of hydrogen-bond acceptors (Lipinski definition) is 4. The molecule has 0 radical (unpaired) electrons. The number of ether oxygens (including phenoxy) is 1. The van der Waals surface area contributed by atoms with E-state index in [0.717, 1.165) is 56.8 Å². The number of benzene rings is 1. The first-order valence-electron chi connectivity index (χ1n) is 10.6. The lowest BCUT2D eigenvalue weighted by Gasteiger charge is -2.39. The predicted octanol–water partition coefficient (Wildman–Crippen LogP) is 3.31. The maximum Gasteiger partial charge on any atom is 0.321 e. The highest BCUT2D eigenvalue weighted by atomic mass is 16.5. The molecule has 0 spiro atoms. The molecule has 0 aromatic heterocycles. The Morgan fingerprint density at radius 1 is 1.10 bits per heavy atom. The second-order valence-corrected chi connectivity index (χ2v) is 8.55. The van der Waals surface area contributed by atoms with E-state index >= 15 is 0 Å². The topological polar surface area (TPSA) is 73.9 Å². The van der Waals surface area contributed by atoms with Gasteiger partial charge in [-0.05, 0) is 57.2 Å². The van der Waals surface area contributed by atoms with Crippen LogP contribution in [-0.2, 0) is 9.53 Å². The molecule has 1 aromatic carbocycles. The Morgan fingerprint density at radius 3 is 2.38 bits per heavy atom. The number of carbonyl (C=O) groups is 2. The fourth-order valence-corrected chi connectivity index (χ4v) is 4.35. The normalized spacial score (nSPS) is 23.7. The third kappa shape index (κ3) is 6.18. The van der Waals surface area contributed by atoms with Crippen LogP contribution in [0.1, 0.15) is 39.2 Å². The SMILES string of the molecule is CC(=O)Nc1ccc(C)c(NC(=O)N2CCC(CN3CC(C)OC(C)C3)CC2)c1. The van der Waals surface area contributed by atoms with Gasteiger partial charge in [-0.15, -0.1) is 0 Å². The van der Waals surface area contributed by atoms with Gasteiger partial charge in [-0.2, -0.15) is 0 Å². The number of aryl methyl sites for hydroxylation is 1. The van der Waals surface area contributed by atoms with Crippen LogP contribution < -0.4 is 10.6 Å². The first-order valence-corrected chi connectivity index (χ1v) is 10.6. The Kier molecular flexibility index (Phi) is 7.14. The second kappa shape index (κ2) is 9.59. The van der Waals surface area contributed by atoms with Crippen LogP contribution in [0.15, 0.2) is 18.2 Å². The molecule has 3 rings (SSSR count). The highest BCUT2D eigenvalue weighted by Gasteiger charge is 2.28. The molecule has 3 amide bonds. The molecule has 2 atom stereocenters. The summed E-state index contributed by atoms with van der Waals surface area (Å²) in [5.74, 6) is 0.499. The van der Waals surface area contributed by atoms with Gasteiger partial charge in [-0.3, -0.25) is 9.69 Å². The van der Waals surface area contributed by atoms with Gasteiger partial charge >= 0.3 is 6.03 Å². The average Bonchev–Trinajstić information content (AvgIpc) is 2.64. The third-order valence-electron chi connectivity index (χ3n) is 5.71. The van der Waals surface area contributed by atoms with Crippen molar-refractivity contribution in [2.75, 3.05) is 43.4 Å². The lowest BCUT2D eigenvalue weighted by Crippen LogP contribution is -2.49. The Morgan fingerprint density at radius 2 is 1.76 bits per heavy atom. The molecule has 2 saturated heterocycles. The summed E-state index contributed by atoms with van der Waals surface area (Å²) in [6.45, 7) is 12.3. The molecular weight excluding hydrogens is 368 g/mol. The van der Waals surface area contributed by atoms with Gasteiger partial charge < -0.3 is 20.3 Å². The Bertz CT molecular complexity index is 721. The molecule has 0 bridgehead atoms. The molecule has 0 aliphatic carbocycles. The Hall–Kier alpha value is -2.12. The number of rotatable bonds is 4. The Balaban J connectivity index is 1.49. The van der Waals surface area contributed by atoms with Crippen LogP contribution in [0.25, 0.3) is 0 Å². The molecule has 0 saturated carbocycles. The lowest BCUT2D eigenvalue weighted by atomic mass is 9.96. The van der Waals surface area contributed by atoms with Crippen LogP contribution in [0.3, 0.4) is 0 Å². The number of morpholine rings is 1. The lowest BCUT2D eigenvalue weighted by molar-refractivity contribution is -0.114. The van der Waals surface area contributed by atoms with Gasteiger partial charge in [0, 0.05) is 51.0 Å². The molecule has 7 nitrogen and oxygen atoms in total. The zero-order valence-corrected chi connectivity index (χ0v) is 18.0. The van der Waals surface area contributed by atoms with E-state index in [1.807, 2.05) is 30.0 Å². The van der Waals surface area contributed by atoms with Gasteiger partial charge in [0.15, 0.2) is 0 Å². The summed E-state index contributed by atoms with van der Waals surface area (Å²) < 4.78 is 5.82. The van der Waals surface area contributed by atoms with E-state index in [1.165, 1.54) is 6.92 Å². The van der Waals surface area contributed by atoms with Crippen molar-refractivity contribution in [3.63, 3.8) is 0 Å². The number of hydrogen-bond donors (Lipinski definition) is 2. The van der Waals surface area contributed by atoms with Crippen molar-refractivity contribution < 1.29 is 14.3 Å². The third-order valence-corrected chi connectivity index (χ3v) is 5.71. The molecule has 2 unspecified atom stereocenters. The van der Waals surface area contributed by atoms with Gasteiger partial charge in [-0.1, -0.05) is 6.07 Å². The number of urea groups is 1. The molecule has 2 heterocycles. The molecule has 2 N–H and O–H groups in total. The van der Waals surface area contributed by atoms with E-state index in [2.05, 4.69) is 29.4 Å². The van der Waals surface area contributed by atoms with Crippen molar-refractivity contribution in [2.24, 2.45) is 5.92 Å². The van der Waals surface area contributed by atoms with Crippen LogP contribution in [0.5, 0.6) is 0 Å². The summed E-state index contributed by atoms with van der Waals surface area (Å²) in [5, 5.41) is 5.77. The van der Waals surface area contributed by atoms with E-state index < -0.39 is 0 Å². The van der Waals surface area contributed by atoms with Gasteiger partial charge in [0.2, 0.25) is 5.91 Å². The van der Waals surface area contributed by atoms with Crippen LogP contribution in [0.2, 0.25) is 0 Å². The standard InChI is InChI=1S/C22H34N4O3/c1-15-5-6-20(23-18(4)27)11-21(15)24-22(28)26-9-7-19(8-10-26)14-25-12-16(2)29-17(3)13-25/h5-6,11,16-17,19H,7-10,12-14H2,1-4H3,(H,23,27)(H,24,28). The van der Waals surface area contributed by atoms with Crippen molar-refractivity contribution >= 4 is 23.3 Å². The summed E-state index contributed by atoms with van der Waals surface area (Å²) in [4.78, 5) is 28.4. The fourth-order valence-electron chi connectivity index (χ4n) is 4.35. The van der Waals surface area contributed by atoms with E-state index in [9.17, 15) is 9.59 Å². The number of nitrogens with one attached hydrogen (secondary N) is 2. The van der Waals surface area contributed by atoms with Crippen molar-refractivity contribution in [1.82, 2.24) is 9.80 Å². The first-order chi connectivity index (χ1) is 13.8. The molecule has 7 heteroatoms. The van der Waals surface area contributed by atoms with Crippen LogP contribution in [-0.4, -0.2) is 66.7 Å². The largest absolute Gasteiger partial charge is 0.373 e. The highest BCUT2D eigenvalue weighted by molar-refractivity contribution is 5.93. The highest BCUT2D eigenvalue weighted by Crippen LogP contribution is 2.24. The maximum absolute atomic E-state index is 12.7. The fraction of sp³-hybridized carbons (Fsp3) is 0.636. The number of likely N-dealkylation sites (tertiary alicyclic amines) is 1.